The summed E-state index contributed by atoms with van der Waals surface area (Å²) in [5.41, 5.74) is 0.989. The molecule has 0 bridgehead atoms. The van der Waals surface area contributed by atoms with E-state index in [9.17, 15) is 4.79 Å². The second-order valence-corrected chi connectivity index (χ2v) is 6.47. The SMILES string of the molecule is CCOc1ccc(/C=C2/SC(=NC3CCCC3)NC2=O)cc1. The number of carbonyl (C=O) groups is 1. The van der Waals surface area contributed by atoms with E-state index in [-0.39, 0.29) is 5.91 Å². The van der Waals surface area contributed by atoms with Crippen LogP contribution in [-0.4, -0.2) is 23.7 Å². The molecular formula is C17H20N2O2S. The van der Waals surface area contributed by atoms with E-state index in [2.05, 4.69) is 10.3 Å². The molecule has 0 aromatic heterocycles. The second kappa shape index (κ2) is 7.01. The van der Waals surface area contributed by atoms with Crippen LogP contribution in [0.1, 0.15) is 38.2 Å². The molecule has 1 aromatic rings. The predicted molar refractivity (Wildman–Crippen MR) is 91.0 cm³/mol. The fraction of sp³-hybridized carbons (Fsp3) is 0.412. The van der Waals surface area contributed by atoms with Crippen LogP contribution in [-0.2, 0) is 4.79 Å². The van der Waals surface area contributed by atoms with E-state index in [1.165, 1.54) is 24.6 Å². The molecule has 1 saturated carbocycles. The molecule has 2 fully saturated rings. The van der Waals surface area contributed by atoms with E-state index < -0.39 is 0 Å². The molecule has 22 heavy (non-hydrogen) atoms. The summed E-state index contributed by atoms with van der Waals surface area (Å²) < 4.78 is 5.42. The highest BCUT2D eigenvalue weighted by Gasteiger charge is 2.25. The van der Waals surface area contributed by atoms with Gasteiger partial charge in [-0.3, -0.25) is 9.79 Å². The van der Waals surface area contributed by atoms with Crippen molar-refractivity contribution in [1.29, 1.82) is 0 Å². The molecule has 116 valence electrons. The third-order valence-electron chi connectivity index (χ3n) is 3.76. The number of amides is 1. The molecule has 1 heterocycles. The molecule has 1 aliphatic heterocycles. The van der Waals surface area contributed by atoms with Crippen LogP contribution in [0.4, 0.5) is 0 Å². The van der Waals surface area contributed by atoms with Crippen LogP contribution < -0.4 is 10.1 Å². The number of hydrogen-bond acceptors (Lipinski definition) is 4. The number of rotatable bonds is 4. The standard InChI is InChI=1S/C17H20N2O2S/c1-2-21-14-9-7-12(8-10-14)11-15-16(20)19-17(22-15)18-13-5-3-4-6-13/h7-11,13H,2-6H2,1H3,(H,18,19,20)/b15-11+. The maximum atomic E-state index is 12.0. The quantitative estimate of drug-likeness (QED) is 0.864. The molecule has 4 nitrogen and oxygen atoms in total. The van der Waals surface area contributed by atoms with Gasteiger partial charge in [-0.25, -0.2) is 0 Å². The van der Waals surface area contributed by atoms with E-state index in [1.54, 1.807) is 0 Å². The van der Waals surface area contributed by atoms with E-state index in [0.717, 1.165) is 29.3 Å². The van der Waals surface area contributed by atoms with Gasteiger partial charge in [-0.1, -0.05) is 25.0 Å². The minimum atomic E-state index is -0.0596. The topological polar surface area (TPSA) is 50.7 Å². The van der Waals surface area contributed by atoms with E-state index in [0.29, 0.717) is 17.6 Å². The normalized spacial score (nSPS) is 22.5. The van der Waals surface area contributed by atoms with Crippen molar-refractivity contribution in [3.05, 3.63) is 34.7 Å². The lowest BCUT2D eigenvalue weighted by atomic mass is 10.2. The van der Waals surface area contributed by atoms with E-state index >= 15 is 0 Å². The first kappa shape index (κ1) is 15.2. The minimum Gasteiger partial charge on any atom is -0.494 e. The molecule has 1 amide bonds. The second-order valence-electron chi connectivity index (χ2n) is 5.44. The smallest absolute Gasteiger partial charge is 0.264 e. The maximum absolute atomic E-state index is 12.0. The van der Waals surface area contributed by atoms with Gasteiger partial charge in [0.25, 0.3) is 5.91 Å². The minimum absolute atomic E-state index is 0.0596. The van der Waals surface area contributed by atoms with Gasteiger partial charge in [0, 0.05) is 0 Å². The Hall–Kier alpha value is -1.75. The molecule has 0 unspecified atom stereocenters. The largest absolute Gasteiger partial charge is 0.494 e. The molecule has 1 aliphatic carbocycles. The number of nitrogens with one attached hydrogen (secondary N) is 1. The number of aliphatic imine (C=N–C) groups is 1. The third-order valence-corrected chi connectivity index (χ3v) is 4.69. The fourth-order valence-electron chi connectivity index (χ4n) is 2.67. The Morgan fingerprint density at radius 1 is 1.32 bits per heavy atom. The first-order chi connectivity index (χ1) is 10.7. The van der Waals surface area contributed by atoms with Crippen LogP contribution in [0.5, 0.6) is 5.75 Å². The lowest BCUT2D eigenvalue weighted by molar-refractivity contribution is -0.115. The van der Waals surface area contributed by atoms with Gasteiger partial charge in [0.05, 0.1) is 17.6 Å². The number of benzene rings is 1. The highest BCUT2D eigenvalue weighted by atomic mass is 32.2. The summed E-state index contributed by atoms with van der Waals surface area (Å²) in [6.45, 7) is 2.61. The van der Waals surface area contributed by atoms with Crippen molar-refractivity contribution in [1.82, 2.24) is 5.32 Å². The fourth-order valence-corrected chi connectivity index (χ4v) is 3.56. The summed E-state index contributed by atoms with van der Waals surface area (Å²) in [6, 6.07) is 8.13. The molecule has 1 saturated heterocycles. The summed E-state index contributed by atoms with van der Waals surface area (Å²) in [4.78, 5) is 17.4. The van der Waals surface area contributed by atoms with Gasteiger partial charge < -0.3 is 10.1 Å². The van der Waals surface area contributed by atoms with Crippen molar-refractivity contribution in [2.75, 3.05) is 6.61 Å². The zero-order chi connectivity index (χ0) is 15.4. The average Bonchev–Trinajstić information content (AvgIpc) is 3.12. The Balaban J connectivity index is 1.69. The zero-order valence-electron chi connectivity index (χ0n) is 12.7. The Kier molecular flexibility index (Phi) is 4.83. The number of hydrogen-bond donors (Lipinski definition) is 1. The number of carbonyl (C=O) groups excluding carboxylic acids is 1. The molecular weight excluding hydrogens is 296 g/mol. The first-order valence-corrected chi connectivity index (χ1v) is 8.58. The Bertz CT molecular complexity index is 602. The van der Waals surface area contributed by atoms with Gasteiger partial charge in [-0.15, -0.1) is 0 Å². The maximum Gasteiger partial charge on any atom is 0.264 e. The summed E-state index contributed by atoms with van der Waals surface area (Å²) in [6.07, 6.45) is 6.66. The van der Waals surface area contributed by atoms with Crippen LogP contribution in [0.25, 0.3) is 6.08 Å². The van der Waals surface area contributed by atoms with Gasteiger partial charge in [-0.05, 0) is 55.3 Å². The Labute approximate surface area is 135 Å². The summed E-state index contributed by atoms with van der Waals surface area (Å²) in [7, 11) is 0. The summed E-state index contributed by atoms with van der Waals surface area (Å²) in [5.74, 6) is 0.785. The van der Waals surface area contributed by atoms with Crippen molar-refractivity contribution in [2.24, 2.45) is 4.99 Å². The van der Waals surface area contributed by atoms with Crippen molar-refractivity contribution in [2.45, 2.75) is 38.6 Å². The van der Waals surface area contributed by atoms with E-state index in [4.69, 9.17) is 4.74 Å². The highest BCUT2D eigenvalue weighted by Crippen LogP contribution is 2.29. The lowest BCUT2D eigenvalue weighted by Crippen LogP contribution is -2.21. The van der Waals surface area contributed by atoms with Crippen LogP contribution in [0.15, 0.2) is 34.2 Å². The number of thioether (sulfide) groups is 1. The van der Waals surface area contributed by atoms with Gasteiger partial charge in [0.15, 0.2) is 5.17 Å². The van der Waals surface area contributed by atoms with Gasteiger partial charge >= 0.3 is 0 Å². The summed E-state index contributed by atoms with van der Waals surface area (Å²) in [5, 5.41) is 3.61. The number of ether oxygens (including phenoxy) is 1. The van der Waals surface area contributed by atoms with Crippen LogP contribution >= 0.6 is 11.8 Å². The van der Waals surface area contributed by atoms with Crippen molar-refractivity contribution >= 4 is 28.9 Å². The van der Waals surface area contributed by atoms with E-state index in [1.807, 2.05) is 37.3 Å². The van der Waals surface area contributed by atoms with Gasteiger partial charge in [-0.2, -0.15) is 0 Å². The number of nitrogens with zero attached hydrogens (tertiary/aromatic N) is 1. The molecule has 0 atom stereocenters. The number of amidine groups is 1. The Morgan fingerprint density at radius 2 is 2.05 bits per heavy atom. The molecule has 3 rings (SSSR count). The van der Waals surface area contributed by atoms with Crippen molar-refractivity contribution in [3.63, 3.8) is 0 Å². The first-order valence-electron chi connectivity index (χ1n) is 7.76. The van der Waals surface area contributed by atoms with Crippen molar-refractivity contribution < 1.29 is 9.53 Å². The zero-order valence-corrected chi connectivity index (χ0v) is 13.5. The molecule has 0 radical (unpaired) electrons. The van der Waals surface area contributed by atoms with Gasteiger partial charge in [0.2, 0.25) is 0 Å². The predicted octanol–water partition coefficient (Wildman–Crippen LogP) is 3.59. The summed E-state index contributed by atoms with van der Waals surface area (Å²) >= 11 is 1.43. The average molecular weight is 316 g/mol. The van der Waals surface area contributed by atoms with Crippen LogP contribution in [0.3, 0.4) is 0 Å². The molecule has 1 N–H and O–H groups in total. The van der Waals surface area contributed by atoms with Gasteiger partial charge in [0.1, 0.15) is 5.75 Å². The van der Waals surface area contributed by atoms with Crippen molar-refractivity contribution in [3.8, 4) is 5.75 Å². The van der Waals surface area contributed by atoms with Crippen LogP contribution in [0.2, 0.25) is 0 Å². The molecule has 0 spiro atoms. The molecule has 1 aromatic carbocycles. The monoisotopic (exact) mass is 316 g/mol. The Morgan fingerprint density at radius 3 is 2.73 bits per heavy atom. The molecule has 5 heteroatoms. The third kappa shape index (κ3) is 3.71. The molecule has 2 aliphatic rings. The lowest BCUT2D eigenvalue weighted by Gasteiger charge is -2.02. The highest BCUT2D eigenvalue weighted by molar-refractivity contribution is 8.18. The van der Waals surface area contributed by atoms with Crippen LogP contribution in [0, 0.1) is 0 Å².